The Kier molecular flexibility index (Phi) is 6.49. The molecule has 0 aliphatic heterocycles. The first-order chi connectivity index (χ1) is 19.1. The summed E-state index contributed by atoms with van der Waals surface area (Å²) in [4.78, 5) is 13.8. The van der Waals surface area contributed by atoms with Crippen molar-refractivity contribution in [3.05, 3.63) is 132 Å². The highest BCUT2D eigenvalue weighted by atomic mass is 32.1. The number of aromatic nitrogens is 5. The molecule has 39 heavy (non-hydrogen) atoms. The molecule has 3 N–H and O–H groups in total. The Balaban J connectivity index is 1.34. The predicted octanol–water partition coefficient (Wildman–Crippen LogP) is 8.09. The van der Waals surface area contributed by atoms with E-state index >= 15 is 0 Å². The summed E-state index contributed by atoms with van der Waals surface area (Å²) in [5.41, 5.74) is 10.4. The van der Waals surface area contributed by atoms with E-state index in [9.17, 15) is 0 Å². The summed E-state index contributed by atoms with van der Waals surface area (Å²) in [7, 11) is 0. The van der Waals surface area contributed by atoms with Crippen LogP contribution in [0.15, 0.2) is 110 Å². The quantitative estimate of drug-likeness (QED) is 0.175. The molecule has 6 nitrogen and oxygen atoms in total. The highest BCUT2D eigenvalue weighted by Gasteiger charge is 2.17. The number of hydrogen-bond acceptors (Lipinski definition) is 5. The molecule has 1 aromatic carbocycles. The number of thiophene rings is 1. The van der Waals surface area contributed by atoms with Crippen LogP contribution in [0.3, 0.4) is 0 Å². The van der Waals surface area contributed by atoms with Crippen LogP contribution in [0, 0.1) is 6.92 Å². The third-order valence-electron chi connectivity index (χ3n) is 6.54. The van der Waals surface area contributed by atoms with Crippen molar-refractivity contribution in [2.24, 2.45) is 0 Å². The maximum atomic E-state index is 4.63. The van der Waals surface area contributed by atoms with E-state index in [0.717, 1.165) is 61.7 Å². The number of allylic oxidation sites excluding steroid dienone is 2. The van der Waals surface area contributed by atoms with Gasteiger partial charge in [-0.1, -0.05) is 61.7 Å². The van der Waals surface area contributed by atoms with Crippen LogP contribution >= 0.6 is 11.3 Å². The van der Waals surface area contributed by atoms with Gasteiger partial charge < -0.3 is 10.3 Å². The Labute approximate surface area is 230 Å². The Hall–Kier alpha value is -5.01. The topological polar surface area (TPSA) is 82.3 Å². The lowest BCUT2D eigenvalue weighted by Crippen LogP contribution is -1.98. The molecule has 6 aromatic rings. The van der Waals surface area contributed by atoms with E-state index in [1.54, 1.807) is 17.5 Å². The van der Waals surface area contributed by atoms with Gasteiger partial charge in [0.15, 0.2) is 5.65 Å². The summed E-state index contributed by atoms with van der Waals surface area (Å²) < 4.78 is 0. The van der Waals surface area contributed by atoms with Crippen LogP contribution in [0.1, 0.15) is 21.7 Å². The van der Waals surface area contributed by atoms with Crippen molar-refractivity contribution in [1.29, 1.82) is 0 Å². The Morgan fingerprint density at radius 2 is 1.85 bits per heavy atom. The number of nitrogens with one attached hydrogen (secondary N) is 3. The number of nitrogens with zero attached hydrogens (tertiary/aromatic N) is 3. The number of hydrogen-bond donors (Lipinski definition) is 3. The highest BCUT2D eigenvalue weighted by molar-refractivity contribution is 7.11. The van der Waals surface area contributed by atoms with Crippen LogP contribution < -0.4 is 5.32 Å². The molecule has 0 radical (unpaired) electrons. The number of pyridine rings is 2. The van der Waals surface area contributed by atoms with Crippen molar-refractivity contribution < 1.29 is 0 Å². The first-order valence-electron chi connectivity index (χ1n) is 12.5. The van der Waals surface area contributed by atoms with E-state index in [1.165, 1.54) is 4.88 Å². The molecule has 0 bridgehead atoms. The molecule has 0 spiro atoms. The van der Waals surface area contributed by atoms with Crippen LogP contribution in [0.5, 0.6) is 0 Å². The first kappa shape index (κ1) is 24.3. The van der Waals surface area contributed by atoms with Gasteiger partial charge in [0.05, 0.1) is 23.3 Å². The van der Waals surface area contributed by atoms with Crippen molar-refractivity contribution >= 4 is 39.3 Å². The summed E-state index contributed by atoms with van der Waals surface area (Å²) in [5.74, 6) is 0. The Morgan fingerprint density at radius 3 is 2.64 bits per heavy atom. The van der Waals surface area contributed by atoms with E-state index < -0.39 is 0 Å². The Bertz CT molecular complexity index is 1820. The van der Waals surface area contributed by atoms with Gasteiger partial charge in [-0.15, -0.1) is 11.3 Å². The van der Waals surface area contributed by atoms with Crippen LogP contribution in [0.2, 0.25) is 0 Å². The Morgan fingerprint density at radius 1 is 1.00 bits per heavy atom. The van der Waals surface area contributed by atoms with Gasteiger partial charge in [0.2, 0.25) is 0 Å². The molecule has 5 heterocycles. The molecular formula is C32H26N6S. The van der Waals surface area contributed by atoms with Crippen LogP contribution in [-0.4, -0.2) is 25.1 Å². The third-order valence-corrected chi connectivity index (χ3v) is 7.45. The van der Waals surface area contributed by atoms with Gasteiger partial charge in [-0.2, -0.15) is 5.10 Å². The maximum Gasteiger partial charge on any atom is 0.181 e. The fourth-order valence-corrected chi connectivity index (χ4v) is 5.41. The van der Waals surface area contributed by atoms with Crippen molar-refractivity contribution in [2.45, 2.75) is 6.92 Å². The molecule has 5 aromatic heterocycles. The molecule has 190 valence electrons. The molecule has 0 aliphatic rings. The highest BCUT2D eigenvalue weighted by Crippen LogP contribution is 2.35. The monoisotopic (exact) mass is 526 g/mol. The van der Waals surface area contributed by atoms with Gasteiger partial charge in [-0.25, -0.2) is 4.98 Å². The second-order valence-electron chi connectivity index (χ2n) is 9.14. The lowest BCUT2D eigenvalue weighted by molar-refractivity contribution is 1.09. The van der Waals surface area contributed by atoms with E-state index in [4.69, 9.17) is 0 Å². The average Bonchev–Trinajstić information content (AvgIpc) is 3.72. The normalized spacial score (nSPS) is 11.6. The van der Waals surface area contributed by atoms with Crippen molar-refractivity contribution in [3.63, 3.8) is 0 Å². The standard InChI is InChI=1S/C32H26N6S/c1-4-9-26(30-12-8-13-39-30)27-16-29(36-21(27)3)31-28-15-24(18-34-32(28)38-37-31)23-14-25(19-33-17-23)35-20(2)22-10-6-5-7-11-22/h4-19,35-36H,1-2H2,3H3,(H,34,37,38)/b26-9+. The minimum atomic E-state index is 0.655. The summed E-state index contributed by atoms with van der Waals surface area (Å²) in [6.45, 7) is 10.2. The largest absolute Gasteiger partial charge is 0.357 e. The number of rotatable bonds is 8. The SMILES string of the molecule is C=C/C=C(/c1cccs1)c1cc(-c2[nH]nc3ncc(-c4cncc(NC(=C)c5ccccc5)c4)cc23)[nH]c1C. The number of aromatic amines is 2. The molecular weight excluding hydrogens is 500 g/mol. The maximum absolute atomic E-state index is 4.63. The fourth-order valence-electron chi connectivity index (χ4n) is 4.64. The minimum Gasteiger partial charge on any atom is -0.357 e. The molecule has 0 unspecified atom stereocenters. The number of anilines is 1. The lowest BCUT2D eigenvalue weighted by atomic mass is 10.0. The van der Waals surface area contributed by atoms with Gasteiger partial charge in [-0.3, -0.25) is 10.1 Å². The number of fused-ring (bicyclic) bond motifs is 1. The van der Waals surface area contributed by atoms with Crippen LogP contribution in [0.25, 0.3) is 44.8 Å². The summed E-state index contributed by atoms with van der Waals surface area (Å²) in [5, 5.41) is 14.0. The van der Waals surface area contributed by atoms with Crippen LogP contribution in [0.4, 0.5) is 5.69 Å². The van der Waals surface area contributed by atoms with Crippen molar-refractivity contribution in [3.8, 4) is 22.5 Å². The van der Waals surface area contributed by atoms with Gasteiger partial charge >= 0.3 is 0 Å². The first-order valence-corrected chi connectivity index (χ1v) is 13.4. The molecule has 6 rings (SSSR count). The van der Waals surface area contributed by atoms with E-state index in [0.29, 0.717) is 5.65 Å². The lowest BCUT2D eigenvalue weighted by Gasteiger charge is -2.11. The minimum absolute atomic E-state index is 0.655. The van der Waals surface area contributed by atoms with E-state index in [-0.39, 0.29) is 0 Å². The van der Waals surface area contributed by atoms with Gasteiger partial charge in [0.25, 0.3) is 0 Å². The van der Waals surface area contributed by atoms with E-state index in [2.05, 4.69) is 86.3 Å². The fraction of sp³-hybridized carbons (Fsp3) is 0.0312. The zero-order valence-electron chi connectivity index (χ0n) is 21.4. The van der Waals surface area contributed by atoms with Crippen LogP contribution in [-0.2, 0) is 0 Å². The summed E-state index contributed by atoms with van der Waals surface area (Å²) in [6.07, 6.45) is 9.33. The van der Waals surface area contributed by atoms with E-state index in [1.807, 2.05) is 54.9 Å². The van der Waals surface area contributed by atoms with Crippen molar-refractivity contribution in [2.75, 3.05) is 5.32 Å². The number of H-pyrrole nitrogens is 2. The van der Waals surface area contributed by atoms with Gasteiger partial charge in [0.1, 0.15) is 0 Å². The van der Waals surface area contributed by atoms with Gasteiger partial charge in [-0.05, 0) is 42.1 Å². The summed E-state index contributed by atoms with van der Waals surface area (Å²) in [6, 6.07) is 20.5. The summed E-state index contributed by atoms with van der Waals surface area (Å²) >= 11 is 1.71. The zero-order chi connectivity index (χ0) is 26.8. The smallest absolute Gasteiger partial charge is 0.181 e. The molecule has 0 aliphatic carbocycles. The molecule has 0 saturated carbocycles. The van der Waals surface area contributed by atoms with Gasteiger partial charge in [0, 0.05) is 56.3 Å². The van der Waals surface area contributed by atoms with Crippen molar-refractivity contribution in [1.82, 2.24) is 25.1 Å². The second kappa shape index (κ2) is 10.4. The zero-order valence-corrected chi connectivity index (χ0v) is 22.2. The third kappa shape index (κ3) is 4.83. The number of benzene rings is 1. The predicted molar refractivity (Wildman–Crippen MR) is 162 cm³/mol. The molecule has 0 amide bonds. The molecule has 0 atom stereocenters. The molecule has 0 saturated heterocycles. The average molecular weight is 527 g/mol. The molecule has 7 heteroatoms. The second-order valence-corrected chi connectivity index (χ2v) is 10.1. The number of aryl methyl sites for hydroxylation is 1. The molecule has 0 fully saturated rings.